The van der Waals surface area contributed by atoms with Crippen LogP contribution in [0.25, 0.3) is 21.5 Å². The van der Waals surface area contributed by atoms with Gasteiger partial charge in [0.1, 0.15) is 0 Å². The molecule has 0 aliphatic heterocycles. The minimum Gasteiger partial charge on any atom is -1.00 e. The molecule has 0 unspecified atom stereocenters. The van der Waals surface area contributed by atoms with E-state index >= 15 is 0 Å². The van der Waals surface area contributed by atoms with Crippen molar-refractivity contribution in [3.63, 3.8) is 0 Å². The summed E-state index contributed by atoms with van der Waals surface area (Å²) in [5.74, 6) is 0. The zero-order chi connectivity index (χ0) is 20.9. The molecule has 4 aromatic rings. The normalized spacial score (nSPS) is 10.8. The summed E-state index contributed by atoms with van der Waals surface area (Å²) in [6.45, 7) is 13.6. The Morgan fingerprint density at radius 3 is 1.30 bits per heavy atom. The second-order valence-corrected chi connectivity index (χ2v) is 9.21. The van der Waals surface area contributed by atoms with Crippen molar-refractivity contribution in [1.29, 1.82) is 0 Å². The van der Waals surface area contributed by atoms with Crippen LogP contribution in [0.5, 0.6) is 0 Å². The van der Waals surface area contributed by atoms with Gasteiger partial charge < -0.3 is 24.8 Å². The van der Waals surface area contributed by atoms with Crippen LogP contribution in [0.4, 0.5) is 0 Å². The first-order valence-electron chi connectivity index (χ1n) is 9.82. The van der Waals surface area contributed by atoms with Gasteiger partial charge in [0.15, 0.2) is 0 Å². The number of rotatable bonds is 0. The van der Waals surface area contributed by atoms with Gasteiger partial charge in [0.25, 0.3) is 0 Å². The Morgan fingerprint density at radius 2 is 1.03 bits per heavy atom. The largest absolute Gasteiger partial charge is 1.00 e. The Hall–Kier alpha value is -1.02. The topological polar surface area (TPSA) is 0 Å². The van der Waals surface area contributed by atoms with Crippen molar-refractivity contribution in [3.05, 3.63) is 83.9 Å². The second kappa shape index (κ2) is 12.1. The molecular weight excluding hydrogens is 574 g/mol. The predicted molar refractivity (Wildman–Crippen MR) is 124 cm³/mol. The smallest absolute Gasteiger partial charge is 0.172 e. The van der Waals surface area contributed by atoms with Crippen molar-refractivity contribution >= 4 is 25.8 Å². The van der Waals surface area contributed by atoms with Crippen LogP contribution in [0, 0.1) is 0 Å². The van der Waals surface area contributed by atoms with E-state index in [-0.39, 0.29) is 35.6 Å². The van der Waals surface area contributed by atoms with E-state index < -0.39 is 0 Å². The van der Waals surface area contributed by atoms with Crippen LogP contribution in [-0.2, 0) is 34.7 Å². The van der Waals surface area contributed by atoms with Gasteiger partial charge >= 0.3 is 28.2 Å². The van der Waals surface area contributed by atoms with Crippen molar-refractivity contribution < 1.29 is 48.7 Å². The number of benzene rings is 2. The molecule has 4 aromatic carbocycles. The summed E-state index contributed by atoms with van der Waals surface area (Å²) in [6, 6.07) is 26.2. The summed E-state index contributed by atoms with van der Waals surface area (Å²) in [5, 5.41) is 5.48. The van der Waals surface area contributed by atoms with E-state index in [1.54, 1.807) is 0 Å². The van der Waals surface area contributed by atoms with Gasteiger partial charge in [-0.2, -0.15) is 18.2 Å². The summed E-state index contributed by atoms with van der Waals surface area (Å²) >= 11 is 1.06. The van der Waals surface area contributed by atoms with Crippen LogP contribution in [0.2, 0.25) is 0 Å². The quantitative estimate of drug-likeness (QED) is 0.212. The Bertz CT molecular complexity index is 927. The van der Waals surface area contributed by atoms with Crippen LogP contribution in [0.1, 0.15) is 52.7 Å². The zero-order valence-electron chi connectivity index (χ0n) is 18.9. The number of hydrogen-bond acceptors (Lipinski definition) is 0. The fraction of sp³-hybridized carbons (Fsp3) is 0.296. The molecule has 0 radical (unpaired) electrons. The molecule has 0 amide bonds. The Balaban J connectivity index is 0.000000809. The van der Waals surface area contributed by atoms with E-state index in [0.29, 0.717) is 0 Å². The molecule has 0 aliphatic carbocycles. The maximum atomic E-state index is 3.39. The summed E-state index contributed by atoms with van der Waals surface area (Å²) in [4.78, 5) is 0. The molecule has 0 fully saturated rings. The van der Waals surface area contributed by atoms with Gasteiger partial charge in [-0.25, -0.2) is 12.1 Å². The summed E-state index contributed by atoms with van der Waals surface area (Å²) in [5.41, 5.74) is 3.21. The minimum absolute atomic E-state index is 0. The summed E-state index contributed by atoms with van der Waals surface area (Å²) < 4.78 is 3.39. The molecule has 0 atom stereocenters. The maximum absolute atomic E-state index is 3.39. The first-order valence-corrected chi connectivity index (χ1v) is 12.4. The van der Waals surface area contributed by atoms with E-state index in [0.717, 1.165) is 23.9 Å². The van der Waals surface area contributed by atoms with Gasteiger partial charge in [0.2, 0.25) is 0 Å². The molecule has 0 heterocycles. The van der Waals surface area contributed by atoms with Gasteiger partial charge in [0.05, 0.1) is 0 Å². The molecule has 0 nitrogen and oxygen atoms in total. The third kappa shape index (κ3) is 7.29. The molecule has 160 valence electrons. The average Bonchev–Trinajstić information content (AvgIpc) is 3.32. The Morgan fingerprint density at radius 1 is 0.667 bits per heavy atom. The van der Waals surface area contributed by atoms with Crippen molar-refractivity contribution in [2.45, 2.75) is 52.4 Å². The van der Waals surface area contributed by atoms with Gasteiger partial charge in [-0.05, 0) is 10.8 Å². The fourth-order valence-corrected chi connectivity index (χ4v) is 3.28. The average molecular weight is 606 g/mol. The molecule has 30 heavy (non-hydrogen) atoms. The SMILES string of the molecule is CC(C)(C)c1ccc2c(c1)[cH-]c1cc(C(C)(C)C)ccc12.[CH2]=[Hf+2].[Cl-].[Cl-].c1cc[cH-]c1. The van der Waals surface area contributed by atoms with Crippen molar-refractivity contribution in [1.82, 2.24) is 0 Å². The Kier molecular flexibility index (Phi) is 11.7. The molecule has 0 aliphatic rings. The number of halogens is 2. The standard InChI is InChI=1S/C21H25.C5H5.CH2.2ClH.Hf/c1-20(2,3)16-7-9-18-14(12-16)11-15-13-17(21(4,5)6)8-10-19(15)18;1-2-4-5-3-1;;;;/h7-13H,1-6H3;1-5H;1H2;2*1H;/q2*-1;;;;+2/p-2. The maximum Gasteiger partial charge on any atom is -0.172 e. The third-order valence-electron chi connectivity index (χ3n) is 4.99. The molecule has 4 rings (SSSR count). The molecule has 0 saturated carbocycles. The van der Waals surface area contributed by atoms with Crippen LogP contribution >= 0.6 is 0 Å². The predicted octanol–water partition coefficient (Wildman–Crippen LogP) is 1.69. The fourth-order valence-electron chi connectivity index (χ4n) is 3.28. The van der Waals surface area contributed by atoms with E-state index in [2.05, 4.69) is 88.3 Å². The number of fused-ring (bicyclic) bond motifs is 3. The molecular formula is C27H32Cl2Hf-2. The first kappa shape index (κ1) is 29.0. The van der Waals surface area contributed by atoms with E-state index in [1.807, 2.05) is 30.3 Å². The zero-order valence-corrected chi connectivity index (χ0v) is 24.0. The molecule has 0 aromatic heterocycles. The monoisotopic (exact) mass is 606 g/mol. The second-order valence-electron chi connectivity index (χ2n) is 9.21. The van der Waals surface area contributed by atoms with Gasteiger partial charge in [0, 0.05) is 0 Å². The number of hydrogen-bond donors (Lipinski definition) is 0. The van der Waals surface area contributed by atoms with Crippen LogP contribution in [-0.4, -0.2) is 4.26 Å². The van der Waals surface area contributed by atoms with Crippen LogP contribution in [0.15, 0.2) is 72.8 Å². The third-order valence-corrected chi connectivity index (χ3v) is 4.99. The van der Waals surface area contributed by atoms with Crippen LogP contribution in [0.3, 0.4) is 0 Å². The minimum atomic E-state index is 0. The molecule has 0 N–H and O–H groups in total. The van der Waals surface area contributed by atoms with Gasteiger partial charge in [-0.15, -0.1) is 39.7 Å². The van der Waals surface area contributed by atoms with Gasteiger partial charge in [-0.1, -0.05) is 76.9 Å². The first-order chi connectivity index (χ1) is 13.2. The molecule has 3 heteroatoms. The van der Waals surface area contributed by atoms with E-state index in [4.69, 9.17) is 0 Å². The van der Waals surface area contributed by atoms with E-state index in [9.17, 15) is 0 Å². The Labute approximate surface area is 209 Å². The van der Waals surface area contributed by atoms with Crippen molar-refractivity contribution in [2.24, 2.45) is 0 Å². The molecule has 0 saturated heterocycles. The van der Waals surface area contributed by atoms with Crippen molar-refractivity contribution in [2.75, 3.05) is 0 Å². The molecule has 0 spiro atoms. The molecule has 0 bridgehead atoms. The van der Waals surface area contributed by atoms with Gasteiger partial charge in [-0.3, -0.25) is 0 Å². The van der Waals surface area contributed by atoms with Crippen molar-refractivity contribution in [3.8, 4) is 0 Å². The summed E-state index contributed by atoms with van der Waals surface area (Å²) in [7, 11) is 0. The van der Waals surface area contributed by atoms with Crippen LogP contribution < -0.4 is 24.8 Å². The summed E-state index contributed by atoms with van der Waals surface area (Å²) in [6.07, 6.45) is 0. The van der Waals surface area contributed by atoms with E-state index in [1.165, 1.54) is 32.7 Å².